The van der Waals surface area contributed by atoms with Gasteiger partial charge < -0.3 is 5.11 Å². The number of para-hydroxylation sites is 1. The third kappa shape index (κ3) is 2.11. The minimum Gasteiger partial charge on any atom is -0.478 e. The minimum absolute atomic E-state index is 0.338. The zero-order chi connectivity index (χ0) is 13.4. The van der Waals surface area contributed by atoms with Gasteiger partial charge >= 0.3 is 5.97 Å². The quantitative estimate of drug-likeness (QED) is 0.765. The van der Waals surface area contributed by atoms with E-state index in [1.807, 2.05) is 36.4 Å². The summed E-state index contributed by atoms with van der Waals surface area (Å²) in [5.74, 6) is -0.895. The van der Waals surface area contributed by atoms with E-state index < -0.39 is 5.97 Å². The van der Waals surface area contributed by atoms with Crippen LogP contribution in [0.4, 0.5) is 0 Å². The van der Waals surface area contributed by atoms with Crippen molar-refractivity contribution in [3.8, 4) is 10.6 Å². The lowest BCUT2D eigenvalue weighted by atomic mass is 10.1. The summed E-state index contributed by atoms with van der Waals surface area (Å²) in [5.41, 5.74) is 3.03. The maximum Gasteiger partial charge on any atom is 0.335 e. The van der Waals surface area contributed by atoms with Crippen molar-refractivity contribution in [2.24, 2.45) is 0 Å². The molecular weight excluding hydrogens is 258 g/mol. The number of aromatic carboxylic acids is 1. The Morgan fingerprint density at radius 2 is 2.00 bits per heavy atom. The first-order valence-electron chi connectivity index (χ1n) is 5.85. The van der Waals surface area contributed by atoms with Crippen LogP contribution in [-0.4, -0.2) is 16.1 Å². The number of thiazole rings is 1. The smallest absolute Gasteiger partial charge is 0.335 e. The van der Waals surface area contributed by atoms with Crippen molar-refractivity contribution in [1.82, 2.24) is 4.98 Å². The first-order valence-corrected chi connectivity index (χ1v) is 6.67. The van der Waals surface area contributed by atoms with Crippen LogP contribution in [0.2, 0.25) is 0 Å². The third-order valence-corrected chi connectivity index (χ3v) is 4.08. The average molecular weight is 269 g/mol. The van der Waals surface area contributed by atoms with E-state index in [0.717, 1.165) is 26.4 Å². The Morgan fingerprint density at radius 1 is 1.21 bits per heavy atom. The number of fused-ring (bicyclic) bond motifs is 1. The number of carboxylic acids is 1. The Labute approximate surface area is 114 Å². The molecule has 0 aliphatic carbocycles. The van der Waals surface area contributed by atoms with Gasteiger partial charge in [-0.2, -0.15) is 0 Å². The predicted molar refractivity (Wildman–Crippen MR) is 76.8 cm³/mol. The maximum atomic E-state index is 11.0. The molecule has 0 atom stereocenters. The van der Waals surface area contributed by atoms with Gasteiger partial charge in [0.05, 0.1) is 15.8 Å². The van der Waals surface area contributed by atoms with E-state index in [1.165, 1.54) is 0 Å². The molecule has 0 amide bonds. The molecule has 3 rings (SSSR count). The van der Waals surface area contributed by atoms with Crippen LogP contribution in [0.1, 0.15) is 15.9 Å². The van der Waals surface area contributed by atoms with Gasteiger partial charge in [-0.1, -0.05) is 18.2 Å². The van der Waals surface area contributed by atoms with Crippen LogP contribution in [0.3, 0.4) is 0 Å². The van der Waals surface area contributed by atoms with Crippen LogP contribution in [0.15, 0.2) is 42.5 Å². The van der Waals surface area contributed by atoms with Gasteiger partial charge in [-0.25, -0.2) is 9.78 Å². The van der Waals surface area contributed by atoms with Crippen molar-refractivity contribution in [2.45, 2.75) is 6.92 Å². The zero-order valence-corrected chi connectivity index (χ0v) is 11.1. The number of aromatic nitrogens is 1. The van der Waals surface area contributed by atoms with Crippen molar-refractivity contribution in [2.75, 3.05) is 0 Å². The topological polar surface area (TPSA) is 50.2 Å². The summed E-state index contributed by atoms with van der Waals surface area (Å²) in [6, 6.07) is 13.3. The van der Waals surface area contributed by atoms with Crippen LogP contribution in [0, 0.1) is 6.92 Å². The zero-order valence-electron chi connectivity index (χ0n) is 10.3. The van der Waals surface area contributed by atoms with Crippen molar-refractivity contribution in [1.29, 1.82) is 0 Å². The molecule has 0 saturated heterocycles. The van der Waals surface area contributed by atoms with E-state index in [4.69, 9.17) is 5.11 Å². The molecule has 0 aliphatic rings. The van der Waals surface area contributed by atoms with Crippen LogP contribution in [0.5, 0.6) is 0 Å². The van der Waals surface area contributed by atoms with Crippen LogP contribution < -0.4 is 0 Å². The number of aryl methyl sites for hydroxylation is 1. The summed E-state index contributed by atoms with van der Waals surface area (Å²) >= 11 is 1.61. The van der Waals surface area contributed by atoms with Crippen molar-refractivity contribution < 1.29 is 9.90 Å². The summed E-state index contributed by atoms with van der Waals surface area (Å²) in [4.78, 5) is 15.6. The summed E-state index contributed by atoms with van der Waals surface area (Å²) in [7, 11) is 0. The van der Waals surface area contributed by atoms with E-state index in [1.54, 1.807) is 24.3 Å². The summed E-state index contributed by atoms with van der Waals surface area (Å²) in [5, 5.41) is 9.95. The number of benzene rings is 2. The molecule has 2 aromatic carbocycles. The highest BCUT2D eigenvalue weighted by atomic mass is 32.1. The van der Waals surface area contributed by atoms with Gasteiger partial charge in [-0.05, 0) is 36.8 Å². The van der Waals surface area contributed by atoms with Gasteiger partial charge in [0.25, 0.3) is 0 Å². The molecule has 0 bridgehead atoms. The summed E-state index contributed by atoms with van der Waals surface area (Å²) in [6.45, 7) is 1.81. The van der Waals surface area contributed by atoms with E-state index in [2.05, 4.69) is 4.98 Å². The van der Waals surface area contributed by atoms with Gasteiger partial charge in [-0.15, -0.1) is 11.3 Å². The first kappa shape index (κ1) is 11.9. The molecule has 4 heteroatoms. The first-order chi connectivity index (χ1) is 9.15. The number of hydrogen-bond donors (Lipinski definition) is 1. The Morgan fingerprint density at radius 3 is 2.68 bits per heavy atom. The van der Waals surface area contributed by atoms with Gasteiger partial charge in [0.2, 0.25) is 0 Å². The van der Waals surface area contributed by atoms with E-state index in [9.17, 15) is 4.79 Å². The van der Waals surface area contributed by atoms with Crippen LogP contribution in [-0.2, 0) is 0 Å². The molecule has 0 radical (unpaired) electrons. The highest BCUT2D eigenvalue weighted by Crippen LogP contribution is 2.30. The fraction of sp³-hybridized carbons (Fsp3) is 0.0667. The van der Waals surface area contributed by atoms with Crippen molar-refractivity contribution >= 4 is 27.5 Å². The number of hydrogen-bond acceptors (Lipinski definition) is 3. The Bertz CT molecular complexity index is 744. The number of carboxylic acid groups (broad SMARTS) is 1. The number of carbonyl (C=O) groups is 1. The highest BCUT2D eigenvalue weighted by molar-refractivity contribution is 7.21. The van der Waals surface area contributed by atoms with Crippen LogP contribution in [0.25, 0.3) is 20.8 Å². The molecule has 0 aliphatic heterocycles. The van der Waals surface area contributed by atoms with Crippen LogP contribution >= 0.6 is 11.3 Å². The standard InChI is InChI=1S/C15H11NO2S/c1-9-8-10(6-7-11(9)15(17)18)14-16-12-4-2-3-5-13(12)19-14/h2-8H,1H3,(H,17,18). The second-order valence-corrected chi connectivity index (χ2v) is 5.35. The molecule has 0 unspecified atom stereocenters. The SMILES string of the molecule is Cc1cc(-c2nc3ccccc3s2)ccc1C(=O)O. The van der Waals surface area contributed by atoms with Crippen molar-refractivity contribution in [3.63, 3.8) is 0 Å². The van der Waals surface area contributed by atoms with Crippen molar-refractivity contribution in [3.05, 3.63) is 53.6 Å². The predicted octanol–water partition coefficient (Wildman–Crippen LogP) is 3.97. The second kappa shape index (κ2) is 4.48. The lowest BCUT2D eigenvalue weighted by Gasteiger charge is -2.02. The Kier molecular flexibility index (Phi) is 2.80. The molecule has 19 heavy (non-hydrogen) atoms. The normalized spacial score (nSPS) is 10.8. The van der Waals surface area contributed by atoms with Gasteiger partial charge in [0, 0.05) is 5.56 Å². The second-order valence-electron chi connectivity index (χ2n) is 4.32. The van der Waals surface area contributed by atoms with E-state index >= 15 is 0 Å². The monoisotopic (exact) mass is 269 g/mol. The molecule has 0 saturated carbocycles. The number of nitrogens with zero attached hydrogens (tertiary/aromatic N) is 1. The molecule has 3 aromatic rings. The maximum absolute atomic E-state index is 11.0. The molecule has 1 aromatic heterocycles. The highest BCUT2D eigenvalue weighted by Gasteiger charge is 2.10. The minimum atomic E-state index is -0.895. The third-order valence-electron chi connectivity index (χ3n) is 3.00. The molecule has 1 heterocycles. The molecule has 0 spiro atoms. The summed E-state index contributed by atoms with van der Waals surface area (Å²) < 4.78 is 1.14. The van der Waals surface area contributed by atoms with Gasteiger partial charge in [0.1, 0.15) is 5.01 Å². The Balaban J connectivity index is 2.11. The molecule has 0 fully saturated rings. The summed E-state index contributed by atoms with van der Waals surface area (Å²) in [6.07, 6.45) is 0. The molecule has 3 nitrogen and oxygen atoms in total. The fourth-order valence-corrected chi connectivity index (χ4v) is 2.99. The lowest BCUT2D eigenvalue weighted by molar-refractivity contribution is 0.0696. The molecular formula is C15H11NO2S. The number of rotatable bonds is 2. The van der Waals surface area contributed by atoms with Gasteiger partial charge in [-0.3, -0.25) is 0 Å². The largest absolute Gasteiger partial charge is 0.478 e. The fourth-order valence-electron chi connectivity index (χ4n) is 2.03. The van der Waals surface area contributed by atoms with E-state index in [0.29, 0.717) is 5.56 Å². The Hall–Kier alpha value is -2.20. The van der Waals surface area contributed by atoms with E-state index in [-0.39, 0.29) is 0 Å². The molecule has 1 N–H and O–H groups in total. The van der Waals surface area contributed by atoms with Gasteiger partial charge in [0.15, 0.2) is 0 Å². The average Bonchev–Trinajstić information content (AvgIpc) is 2.81. The molecule has 94 valence electrons. The lowest BCUT2D eigenvalue weighted by Crippen LogP contribution is -1.99.